The van der Waals surface area contributed by atoms with Gasteiger partial charge in [0.1, 0.15) is 0 Å². The molecule has 0 aromatic rings. The highest BCUT2D eigenvalue weighted by atomic mass is 16.5. The monoisotopic (exact) mass is 175 g/mol. The fourth-order valence-corrected chi connectivity index (χ4v) is 0.442. The number of ether oxygens (including phenoxy) is 1. The van der Waals surface area contributed by atoms with Crippen molar-refractivity contribution in [3.8, 4) is 0 Å². The van der Waals surface area contributed by atoms with Crippen molar-refractivity contribution in [3.63, 3.8) is 0 Å². The summed E-state index contributed by atoms with van der Waals surface area (Å²) in [5, 5.41) is 8.39. The molecule has 1 unspecified atom stereocenters. The van der Waals surface area contributed by atoms with E-state index in [1.54, 1.807) is 6.92 Å². The fourth-order valence-electron chi connectivity index (χ4n) is 0.442. The molecule has 0 heterocycles. The van der Waals surface area contributed by atoms with Crippen molar-refractivity contribution in [3.05, 3.63) is 0 Å². The zero-order valence-corrected chi connectivity index (χ0v) is 7.11. The first-order valence-corrected chi connectivity index (χ1v) is 3.59. The Kier molecular flexibility index (Phi) is 4.28. The molecule has 1 amide bonds. The SMILES string of the molecule is CC(CO[C@H](C)C(=O)O)C(N)=O. The summed E-state index contributed by atoms with van der Waals surface area (Å²) in [7, 11) is 0. The van der Waals surface area contributed by atoms with Crippen molar-refractivity contribution < 1.29 is 19.4 Å². The molecule has 2 atom stereocenters. The third-order valence-electron chi connectivity index (χ3n) is 1.43. The summed E-state index contributed by atoms with van der Waals surface area (Å²) in [6, 6.07) is 0. The lowest BCUT2D eigenvalue weighted by Gasteiger charge is -2.10. The van der Waals surface area contributed by atoms with Crippen LogP contribution in [0.2, 0.25) is 0 Å². The highest BCUT2D eigenvalue weighted by Crippen LogP contribution is 1.98. The normalized spacial score (nSPS) is 15.2. The molecule has 0 radical (unpaired) electrons. The third kappa shape index (κ3) is 3.92. The molecule has 0 saturated heterocycles. The van der Waals surface area contributed by atoms with Gasteiger partial charge in [-0.1, -0.05) is 6.92 Å². The van der Waals surface area contributed by atoms with Gasteiger partial charge in [-0.2, -0.15) is 0 Å². The van der Waals surface area contributed by atoms with Crippen molar-refractivity contribution >= 4 is 11.9 Å². The van der Waals surface area contributed by atoms with Gasteiger partial charge in [0.05, 0.1) is 12.5 Å². The summed E-state index contributed by atoms with van der Waals surface area (Å²) in [6.45, 7) is 3.02. The van der Waals surface area contributed by atoms with E-state index in [-0.39, 0.29) is 6.61 Å². The molecule has 0 aliphatic heterocycles. The van der Waals surface area contributed by atoms with Gasteiger partial charge in [0.15, 0.2) is 6.10 Å². The van der Waals surface area contributed by atoms with Crippen molar-refractivity contribution in [2.45, 2.75) is 20.0 Å². The molecule has 5 nitrogen and oxygen atoms in total. The maximum Gasteiger partial charge on any atom is 0.332 e. The van der Waals surface area contributed by atoms with Crippen molar-refractivity contribution in [1.29, 1.82) is 0 Å². The number of carboxylic acid groups (broad SMARTS) is 1. The molecule has 3 N–H and O–H groups in total. The molecule has 70 valence electrons. The first-order chi connectivity index (χ1) is 5.45. The van der Waals surface area contributed by atoms with Crippen LogP contribution in [-0.2, 0) is 14.3 Å². The number of carboxylic acids is 1. The van der Waals surface area contributed by atoms with E-state index in [1.807, 2.05) is 0 Å². The largest absolute Gasteiger partial charge is 0.479 e. The summed E-state index contributed by atoms with van der Waals surface area (Å²) >= 11 is 0. The lowest BCUT2D eigenvalue weighted by molar-refractivity contribution is -0.150. The molecular formula is C7H13NO4. The second kappa shape index (κ2) is 4.71. The highest BCUT2D eigenvalue weighted by molar-refractivity contribution is 5.76. The van der Waals surface area contributed by atoms with E-state index in [1.165, 1.54) is 6.92 Å². The van der Waals surface area contributed by atoms with Crippen molar-refractivity contribution in [1.82, 2.24) is 0 Å². The van der Waals surface area contributed by atoms with Gasteiger partial charge in [-0.05, 0) is 6.92 Å². The van der Waals surface area contributed by atoms with E-state index in [0.29, 0.717) is 0 Å². The predicted molar refractivity (Wildman–Crippen MR) is 41.4 cm³/mol. The summed E-state index contributed by atoms with van der Waals surface area (Å²) in [4.78, 5) is 20.7. The molecule has 12 heavy (non-hydrogen) atoms. The molecule has 0 spiro atoms. The first kappa shape index (κ1) is 10.9. The summed E-state index contributed by atoms with van der Waals surface area (Å²) in [5.74, 6) is -1.99. The van der Waals surface area contributed by atoms with E-state index >= 15 is 0 Å². The Morgan fingerprint density at radius 3 is 2.33 bits per heavy atom. The zero-order chi connectivity index (χ0) is 9.72. The van der Waals surface area contributed by atoms with Crippen molar-refractivity contribution in [2.75, 3.05) is 6.61 Å². The number of aliphatic carboxylic acids is 1. The molecule has 5 heteroatoms. The van der Waals surface area contributed by atoms with E-state index in [9.17, 15) is 9.59 Å². The van der Waals surface area contributed by atoms with Crippen LogP contribution in [0, 0.1) is 5.92 Å². The zero-order valence-electron chi connectivity index (χ0n) is 7.11. The van der Waals surface area contributed by atoms with E-state index in [0.717, 1.165) is 0 Å². The summed E-state index contributed by atoms with van der Waals surface area (Å²) in [5.41, 5.74) is 4.93. The lowest BCUT2D eigenvalue weighted by atomic mass is 10.2. The van der Waals surface area contributed by atoms with Gasteiger partial charge in [0, 0.05) is 0 Å². The molecular weight excluding hydrogens is 162 g/mol. The lowest BCUT2D eigenvalue weighted by Crippen LogP contribution is -2.29. The number of hydrogen-bond donors (Lipinski definition) is 2. The molecule has 0 fully saturated rings. The molecule has 0 aromatic carbocycles. The van der Waals surface area contributed by atoms with E-state index in [2.05, 4.69) is 0 Å². The van der Waals surface area contributed by atoms with Gasteiger partial charge in [-0.3, -0.25) is 4.79 Å². The summed E-state index contributed by atoms with van der Waals surface area (Å²) < 4.78 is 4.83. The Bertz CT molecular complexity index is 160. The number of rotatable bonds is 5. The minimum absolute atomic E-state index is 0.0444. The third-order valence-corrected chi connectivity index (χ3v) is 1.43. The van der Waals surface area contributed by atoms with Gasteiger partial charge in [-0.15, -0.1) is 0 Å². The molecule has 0 saturated carbocycles. The molecule has 0 aromatic heterocycles. The number of primary amides is 1. The Hall–Kier alpha value is -1.10. The highest BCUT2D eigenvalue weighted by Gasteiger charge is 2.15. The maximum absolute atomic E-state index is 10.5. The van der Waals surface area contributed by atoms with Crippen LogP contribution in [0.15, 0.2) is 0 Å². The molecule has 0 aliphatic carbocycles. The topological polar surface area (TPSA) is 89.6 Å². The van der Waals surface area contributed by atoms with Gasteiger partial charge in [0.25, 0.3) is 0 Å². The number of nitrogens with two attached hydrogens (primary N) is 1. The van der Waals surface area contributed by atoms with Crippen LogP contribution >= 0.6 is 0 Å². The van der Waals surface area contributed by atoms with Crippen LogP contribution in [0.3, 0.4) is 0 Å². The minimum atomic E-state index is -1.05. The van der Waals surface area contributed by atoms with Crippen LogP contribution in [-0.4, -0.2) is 29.7 Å². The van der Waals surface area contributed by atoms with Crippen LogP contribution in [0.4, 0.5) is 0 Å². The second-order valence-electron chi connectivity index (χ2n) is 2.62. The Morgan fingerprint density at radius 2 is 2.00 bits per heavy atom. The average molecular weight is 175 g/mol. The van der Waals surface area contributed by atoms with Crippen LogP contribution < -0.4 is 5.73 Å². The number of amides is 1. The van der Waals surface area contributed by atoms with Crippen LogP contribution in [0.25, 0.3) is 0 Å². The average Bonchev–Trinajstić information content (AvgIpc) is 1.98. The van der Waals surface area contributed by atoms with Crippen LogP contribution in [0.5, 0.6) is 0 Å². The van der Waals surface area contributed by atoms with E-state index < -0.39 is 23.9 Å². The first-order valence-electron chi connectivity index (χ1n) is 3.59. The molecule has 0 aliphatic rings. The number of carbonyl (C=O) groups excluding carboxylic acids is 1. The fraction of sp³-hybridized carbons (Fsp3) is 0.714. The Morgan fingerprint density at radius 1 is 1.50 bits per heavy atom. The van der Waals surface area contributed by atoms with Crippen molar-refractivity contribution in [2.24, 2.45) is 11.7 Å². The molecule has 0 rings (SSSR count). The quantitative estimate of drug-likeness (QED) is 0.594. The Labute approximate surface area is 70.5 Å². The standard InChI is InChI=1S/C7H13NO4/c1-4(6(8)9)3-12-5(2)7(10)11/h4-5H,3H2,1-2H3,(H2,8,9)(H,10,11)/t4?,5-/m1/s1. The number of carbonyl (C=O) groups is 2. The second-order valence-corrected chi connectivity index (χ2v) is 2.62. The smallest absolute Gasteiger partial charge is 0.332 e. The van der Waals surface area contributed by atoms with Crippen LogP contribution in [0.1, 0.15) is 13.8 Å². The van der Waals surface area contributed by atoms with Gasteiger partial charge in [-0.25, -0.2) is 4.79 Å². The van der Waals surface area contributed by atoms with E-state index in [4.69, 9.17) is 15.6 Å². The van der Waals surface area contributed by atoms with Gasteiger partial charge in [0.2, 0.25) is 5.91 Å². The minimum Gasteiger partial charge on any atom is -0.479 e. The molecule has 0 bridgehead atoms. The number of hydrogen-bond acceptors (Lipinski definition) is 3. The Balaban J connectivity index is 3.68. The van der Waals surface area contributed by atoms with Gasteiger partial charge < -0.3 is 15.6 Å². The maximum atomic E-state index is 10.5. The van der Waals surface area contributed by atoms with Gasteiger partial charge >= 0.3 is 5.97 Å². The predicted octanol–water partition coefficient (Wildman–Crippen LogP) is -0.402. The summed E-state index contributed by atoms with van der Waals surface area (Å²) in [6.07, 6.45) is -0.896.